The normalized spacial score (nSPS) is 17.9. The van der Waals surface area contributed by atoms with Crippen molar-refractivity contribution in [1.29, 1.82) is 0 Å². The molecule has 0 aromatic carbocycles. The van der Waals surface area contributed by atoms with Crippen molar-refractivity contribution in [3.8, 4) is 0 Å². The average Bonchev–Trinajstić information content (AvgIpc) is 3.27. The number of nitrogens with one attached hydrogen (secondary N) is 4. The van der Waals surface area contributed by atoms with Crippen LogP contribution < -0.4 is 32.7 Å². The lowest BCUT2D eigenvalue weighted by molar-refractivity contribution is -0.142. The molecule has 13 nitrogen and oxygen atoms in total. The number of carboxylic acid groups (broad SMARTS) is 1. The van der Waals surface area contributed by atoms with Gasteiger partial charge in [-0.05, 0) is 44.6 Å². The highest BCUT2D eigenvalue weighted by Crippen LogP contribution is 2.10. The van der Waals surface area contributed by atoms with Gasteiger partial charge in [0.2, 0.25) is 29.5 Å². The topological polar surface area (TPSA) is 223 Å². The second-order valence-electron chi connectivity index (χ2n) is 8.81. The Kier molecular flexibility index (Phi) is 12.0. The van der Waals surface area contributed by atoms with E-state index in [1.165, 1.54) is 0 Å². The summed E-state index contributed by atoms with van der Waals surface area (Å²) >= 11 is 0. The first-order valence-corrected chi connectivity index (χ1v) is 11.3. The maximum absolute atomic E-state index is 13.0. The number of nitrogens with two attached hydrogens (primary N) is 2. The van der Waals surface area contributed by atoms with Crippen molar-refractivity contribution in [3.63, 3.8) is 0 Å². The smallest absolute Gasteiger partial charge is 0.326 e. The van der Waals surface area contributed by atoms with Gasteiger partial charge in [-0.3, -0.25) is 24.0 Å². The fourth-order valence-corrected chi connectivity index (χ4v) is 3.53. The summed E-state index contributed by atoms with van der Waals surface area (Å²) < 4.78 is 0. The number of carbonyl (C=O) groups is 6. The van der Waals surface area contributed by atoms with E-state index in [4.69, 9.17) is 11.5 Å². The van der Waals surface area contributed by atoms with Crippen molar-refractivity contribution in [2.45, 2.75) is 83.0 Å². The van der Waals surface area contributed by atoms with Crippen LogP contribution in [0.1, 0.15) is 58.8 Å². The quantitative estimate of drug-likeness (QED) is 0.135. The molecule has 0 aliphatic carbocycles. The van der Waals surface area contributed by atoms with E-state index in [-0.39, 0.29) is 37.5 Å². The van der Waals surface area contributed by atoms with Crippen LogP contribution in [0, 0.1) is 5.92 Å². The highest BCUT2D eigenvalue weighted by Gasteiger charge is 2.32. The van der Waals surface area contributed by atoms with Crippen LogP contribution in [0.2, 0.25) is 0 Å². The van der Waals surface area contributed by atoms with Gasteiger partial charge in [-0.1, -0.05) is 13.8 Å². The van der Waals surface area contributed by atoms with E-state index in [0.29, 0.717) is 19.4 Å². The van der Waals surface area contributed by atoms with E-state index < -0.39 is 53.8 Å². The summed E-state index contributed by atoms with van der Waals surface area (Å²) in [5.41, 5.74) is 10.2. The molecule has 1 saturated heterocycles. The molecule has 4 unspecified atom stereocenters. The zero-order chi connectivity index (χ0) is 25.8. The van der Waals surface area contributed by atoms with Crippen LogP contribution in [-0.2, 0) is 28.8 Å². The molecule has 5 amide bonds. The molecule has 0 aromatic rings. The summed E-state index contributed by atoms with van der Waals surface area (Å²) in [6.45, 7) is 4.44. The average molecular weight is 485 g/mol. The van der Waals surface area contributed by atoms with Gasteiger partial charge in [0.25, 0.3) is 0 Å². The fraction of sp³-hybridized carbons (Fsp3) is 0.714. The van der Waals surface area contributed by atoms with E-state index in [9.17, 15) is 33.9 Å². The lowest BCUT2D eigenvalue weighted by Gasteiger charge is -2.26. The van der Waals surface area contributed by atoms with E-state index >= 15 is 0 Å². The third kappa shape index (κ3) is 10.6. The molecule has 34 heavy (non-hydrogen) atoms. The van der Waals surface area contributed by atoms with Crippen LogP contribution in [0.4, 0.5) is 0 Å². The highest BCUT2D eigenvalue weighted by atomic mass is 16.4. The summed E-state index contributed by atoms with van der Waals surface area (Å²) in [4.78, 5) is 72.0. The molecule has 1 aliphatic rings. The number of rotatable bonds is 15. The predicted octanol–water partition coefficient (Wildman–Crippen LogP) is -2.15. The summed E-state index contributed by atoms with van der Waals surface area (Å²) in [5.74, 6) is -4.63. The molecular weight excluding hydrogens is 448 g/mol. The van der Waals surface area contributed by atoms with E-state index in [2.05, 4.69) is 21.3 Å². The SMILES string of the molecule is CC(C)CC(NC(=O)C1CCCN1)C(=O)NC(CCC(N)=O)C(=O)NC(CCC(N)=O)C(=O)O. The molecule has 1 fully saturated rings. The van der Waals surface area contributed by atoms with Crippen LogP contribution in [0.15, 0.2) is 0 Å². The number of carbonyl (C=O) groups excluding carboxylic acids is 5. The Morgan fingerprint density at radius 3 is 1.88 bits per heavy atom. The van der Waals surface area contributed by atoms with Crippen LogP contribution in [0.5, 0.6) is 0 Å². The maximum atomic E-state index is 13.0. The number of primary amides is 2. The number of carboxylic acids is 1. The Bertz CT molecular complexity index is 767. The molecule has 1 aliphatic heterocycles. The lowest BCUT2D eigenvalue weighted by Crippen LogP contribution is -2.57. The zero-order valence-corrected chi connectivity index (χ0v) is 19.6. The first-order valence-electron chi connectivity index (χ1n) is 11.3. The molecule has 0 aromatic heterocycles. The van der Waals surface area contributed by atoms with E-state index in [1.54, 1.807) is 0 Å². The van der Waals surface area contributed by atoms with Gasteiger partial charge in [0, 0.05) is 12.8 Å². The van der Waals surface area contributed by atoms with Gasteiger partial charge < -0.3 is 37.8 Å². The van der Waals surface area contributed by atoms with Gasteiger partial charge in [-0.15, -0.1) is 0 Å². The Morgan fingerprint density at radius 1 is 0.882 bits per heavy atom. The summed E-state index contributed by atoms with van der Waals surface area (Å²) in [5, 5.41) is 19.8. The molecule has 13 heteroatoms. The van der Waals surface area contributed by atoms with Crippen LogP contribution in [0.25, 0.3) is 0 Å². The van der Waals surface area contributed by atoms with Gasteiger partial charge in [-0.2, -0.15) is 0 Å². The zero-order valence-electron chi connectivity index (χ0n) is 19.6. The van der Waals surface area contributed by atoms with Crippen molar-refractivity contribution in [2.24, 2.45) is 17.4 Å². The molecule has 9 N–H and O–H groups in total. The van der Waals surface area contributed by atoms with Crippen molar-refractivity contribution in [1.82, 2.24) is 21.3 Å². The molecule has 0 radical (unpaired) electrons. The fourth-order valence-electron chi connectivity index (χ4n) is 3.53. The Labute approximate surface area is 198 Å². The number of hydrogen-bond donors (Lipinski definition) is 7. The second-order valence-corrected chi connectivity index (χ2v) is 8.81. The third-order valence-electron chi connectivity index (χ3n) is 5.32. The van der Waals surface area contributed by atoms with Crippen molar-refractivity contribution in [2.75, 3.05) is 6.54 Å². The number of hydrogen-bond acceptors (Lipinski definition) is 7. The maximum Gasteiger partial charge on any atom is 0.326 e. The largest absolute Gasteiger partial charge is 0.480 e. The summed E-state index contributed by atoms with van der Waals surface area (Å²) in [6.07, 6.45) is 0.847. The minimum absolute atomic E-state index is 0.0377. The van der Waals surface area contributed by atoms with Gasteiger partial charge in [0.15, 0.2) is 0 Å². The van der Waals surface area contributed by atoms with Crippen LogP contribution in [0.3, 0.4) is 0 Å². The molecular formula is C21H36N6O7. The first kappa shape index (κ1) is 28.8. The van der Waals surface area contributed by atoms with Gasteiger partial charge in [0.05, 0.1) is 6.04 Å². The van der Waals surface area contributed by atoms with Crippen molar-refractivity contribution >= 4 is 35.5 Å². The molecule has 192 valence electrons. The first-order chi connectivity index (χ1) is 15.9. The van der Waals surface area contributed by atoms with Crippen molar-refractivity contribution in [3.05, 3.63) is 0 Å². The Morgan fingerprint density at radius 2 is 1.41 bits per heavy atom. The van der Waals surface area contributed by atoms with Gasteiger partial charge in [0.1, 0.15) is 18.1 Å². The summed E-state index contributed by atoms with van der Waals surface area (Å²) in [6, 6.07) is -4.05. The van der Waals surface area contributed by atoms with Crippen LogP contribution >= 0.6 is 0 Å². The highest BCUT2D eigenvalue weighted by molar-refractivity contribution is 5.94. The third-order valence-corrected chi connectivity index (χ3v) is 5.32. The van der Waals surface area contributed by atoms with Crippen LogP contribution in [-0.4, -0.2) is 71.3 Å². The Balaban J connectivity index is 2.94. The monoisotopic (exact) mass is 484 g/mol. The molecule has 0 bridgehead atoms. The minimum atomic E-state index is -1.42. The van der Waals surface area contributed by atoms with E-state index in [1.807, 2.05) is 13.8 Å². The molecule has 1 rings (SSSR count). The Hall–Kier alpha value is -3.22. The van der Waals surface area contributed by atoms with Crippen molar-refractivity contribution < 1.29 is 33.9 Å². The number of amides is 5. The van der Waals surface area contributed by atoms with Gasteiger partial charge >= 0.3 is 5.97 Å². The predicted molar refractivity (Wildman–Crippen MR) is 121 cm³/mol. The van der Waals surface area contributed by atoms with Gasteiger partial charge in [-0.25, -0.2) is 4.79 Å². The lowest BCUT2D eigenvalue weighted by atomic mass is 10.0. The van der Waals surface area contributed by atoms with E-state index in [0.717, 1.165) is 6.42 Å². The minimum Gasteiger partial charge on any atom is -0.480 e. The molecule has 1 heterocycles. The molecule has 4 atom stereocenters. The second kappa shape index (κ2) is 14.1. The molecule has 0 saturated carbocycles. The molecule has 0 spiro atoms. The standard InChI is InChI=1S/C21H36N6O7/c1-11(2)10-15(27-18(30)12-4-3-9-24-12)20(32)25-13(5-7-16(22)28)19(31)26-14(21(33)34)6-8-17(23)29/h11-15,24H,3-10H2,1-2H3,(H2,22,28)(H2,23,29)(H,25,32)(H,26,31)(H,27,30)(H,33,34). The summed E-state index contributed by atoms with van der Waals surface area (Å²) in [7, 11) is 0. The number of aliphatic carboxylic acids is 1.